The number of aryl methyl sites for hydroxylation is 2. The van der Waals surface area contributed by atoms with Crippen LogP contribution in [0.4, 0.5) is 0 Å². The highest BCUT2D eigenvalue weighted by Crippen LogP contribution is 2.35. The maximum atomic E-state index is 13.7. The van der Waals surface area contributed by atoms with Gasteiger partial charge in [0, 0.05) is 41.2 Å². The molecule has 1 N–H and O–H groups in total. The summed E-state index contributed by atoms with van der Waals surface area (Å²) < 4.78 is 2.26. The third-order valence-corrected chi connectivity index (χ3v) is 7.12. The van der Waals surface area contributed by atoms with Gasteiger partial charge in [0.1, 0.15) is 0 Å². The van der Waals surface area contributed by atoms with Crippen LogP contribution in [0.25, 0.3) is 0 Å². The number of nitrogens with zero attached hydrogens (tertiary/aromatic N) is 3. The summed E-state index contributed by atoms with van der Waals surface area (Å²) >= 11 is 6.25. The maximum absolute atomic E-state index is 13.7. The largest absolute Gasteiger partial charge is 0.344 e. The van der Waals surface area contributed by atoms with E-state index in [0.29, 0.717) is 6.04 Å². The minimum atomic E-state index is 0.194. The van der Waals surface area contributed by atoms with Gasteiger partial charge in [0.05, 0.1) is 11.3 Å². The molecule has 1 fully saturated rings. The summed E-state index contributed by atoms with van der Waals surface area (Å²) in [5.41, 5.74) is 6.69. The zero-order valence-corrected chi connectivity index (χ0v) is 18.5. The van der Waals surface area contributed by atoms with E-state index in [4.69, 9.17) is 11.6 Å². The SMILES string of the molecule is Cc1cc(C(=O)N(C2CC2)C2CCc3n[nH]cc3C2)c(C)n1CC1=CCCC(Cl)=C1. The fourth-order valence-electron chi connectivity index (χ4n) is 5.04. The Kier molecular flexibility index (Phi) is 5.10. The number of allylic oxidation sites excluding steroid dienone is 4. The van der Waals surface area contributed by atoms with E-state index in [0.717, 1.165) is 73.5 Å². The summed E-state index contributed by atoms with van der Waals surface area (Å²) in [6.45, 7) is 4.94. The van der Waals surface area contributed by atoms with Crippen LogP contribution in [-0.2, 0) is 19.4 Å². The van der Waals surface area contributed by atoms with Gasteiger partial charge in [-0.1, -0.05) is 17.7 Å². The molecule has 158 valence electrons. The fraction of sp³-hybridized carbons (Fsp3) is 0.500. The van der Waals surface area contributed by atoms with Gasteiger partial charge in [-0.25, -0.2) is 0 Å². The Hall–Kier alpha value is -2.27. The van der Waals surface area contributed by atoms with Gasteiger partial charge >= 0.3 is 0 Å². The Morgan fingerprint density at radius 2 is 2.10 bits per heavy atom. The molecule has 3 aliphatic rings. The average molecular weight is 425 g/mol. The van der Waals surface area contributed by atoms with Crippen molar-refractivity contribution in [3.63, 3.8) is 0 Å². The van der Waals surface area contributed by atoms with Crippen LogP contribution < -0.4 is 0 Å². The second-order valence-corrected chi connectivity index (χ2v) is 9.46. The first kappa shape index (κ1) is 19.7. The zero-order chi connectivity index (χ0) is 20.8. The first-order chi connectivity index (χ1) is 14.5. The number of H-pyrrole nitrogens is 1. The minimum Gasteiger partial charge on any atom is -0.344 e. The molecule has 5 nitrogen and oxygen atoms in total. The van der Waals surface area contributed by atoms with Gasteiger partial charge in [-0.2, -0.15) is 5.10 Å². The van der Waals surface area contributed by atoms with E-state index >= 15 is 0 Å². The van der Waals surface area contributed by atoms with Crippen LogP contribution in [0.3, 0.4) is 0 Å². The van der Waals surface area contributed by atoms with Crippen molar-refractivity contribution < 1.29 is 4.79 Å². The van der Waals surface area contributed by atoms with E-state index in [2.05, 4.69) is 51.7 Å². The van der Waals surface area contributed by atoms with Crippen molar-refractivity contribution in [1.82, 2.24) is 19.7 Å². The van der Waals surface area contributed by atoms with Crippen molar-refractivity contribution in [3.05, 3.63) is 63.2 Å². The van der Waals surface area contributed by atoms with E-state index in [9.17, 15) is 4.79 Å². The summed E-state index contributed by atoms with van der Waals surface area (Å²) in [4.78, 5) is 15.9. The van der Waals surface area contributed by atoms with Crippen LogP contribution in [0.5, 0.6) is 0 Å². The molecule has 5 rings (SSSR count). The predicted octanol–water partition coefficient (Wildman–Crippen LogP) is 4.83. The lowest BCUT2D eigenvalue weighted by Crippen LogP contribution is -2.45. The monoisotopic (exact) mass is 424 g/mol. The molecule has 1 unspecified atom stereocenters. The molecule has 0 radical (unpaired) electrons. The normalized spacial score (nSPS) is 21.1. The van der Waals surface area contributed by atoms with Gasteiger partial charge in [-0.3, -0.25) is 9.89 Å². The molecule has 2 aromatic heterocycles. The van der Waals surface area contributed by atoms with Gasteiger partial charge < -0.3 is 9.47 Å². The second-order valence-electron chi connectivity index (χ2n) is 8.98. The van der Waals surface area contributed by atoms with E-state index in [-0.39, 0.29) is 11.9 Å². The first-order valence-corrected chi connectivity index (χ1v) is 11.4. The Morgan fingerprint density at radius 1 is 1.27 bits per heavy atom. The predicted molar refractivity (Wildman–Crippen MR) is 119 cm³/mol. The van der Waals surface area contributed by atoms with Crippen LogP contribution in [-0.4, -0.2) is 37.7 Å². The number of amides is 1. The summed E-state index contributed by atoms with van der Waals surface area (Å²) in [5, 5.41) is 8.26. The Balaban J connectivity index is 1.40. The minimum absolute atomic E-state index is 0.194. The molecule has 6 heteroatoms. The molecule has 2 heterocycles. The highest BCUT2D eigenvalue weighted by molar-refractivity contribution is 6.29. The number of carbonyl (C=O) groups is 1. The smallest absolute Gasteiger partial charge is 0.256 e. The Labute approximate surface area is 182 Å². The molecule has 30 heavy (non-hydrogen) atoms. The number of rotatable bonds is 5. The van der Waals surface area contributed by atoms with Crippen LogP contribution in [0.15, 0.2) is 35.0 Å². The van der Waals surface area contributed by atoms with E-state index in [1.54, 1.807) is 0 Å². The van der Waals surface area contributed by atoms with Crippen LogP contribution in [0.1, 0.15) is 65.1 Å². The molecular weight excluding hydrogens is 396 g/mol. The van der Waals surface area contributed by atoms with Gasteiger partial charge in [-0.05, 0) is 82.1 Å². The molecule has 2 aromatic rings. The van der Waals surface area contributed by atoms with Gasteiger partial charge in [0.25, 0.3) is 5.91 Å². The lowest BCUT2D eigenvalue weighted by atomic mass is 9.92. The van der Waals surface area contributed by atoms with Crippen molar-refractivity contribution >= 4 is 17.5 Å². The Morgan fingerprint density at radius 3 is 2.87 bits per heavy atom. The molecule has 1 amide bonds. The number of fused-ring (bicyclic) bond motifs is 1. The molecule has 0 spiro atoms. The summed E-state index contributed by atoms with van der Waals surface area (Å²) in [6.07, 6.45) is 13.3. The number of hydrogen-bond donors (Lipinski definition) is 1. The third kappa shape index (κ3) is 3.64. The van der Waals surface area contributed by atoms with Crippen LogP contribution in [0, 0.1) is 13.8 Å². The van der Waals surface area contributed by atoms with E-state index < -0.39 is 0 Å². The number of nitrogens with one attached hydrogen (secondary N) is 1. The lowest BCUT2D eigenvalue weighted by molar-refractivity contribution is 0.0642. The quantitative estimate of drug-likeness (QED) is 0.747. The topological polar surface area (TPSA) is 53.9 Å². The van der Waals surface area contributed by atoms with Crippen molar-refractivity contribution in [1.29, 1.82) is 0 Å². The number of hydrogen-bond acceptors (Lipinski definition) is 2. The van der Waals surface area contributed by atoms with E-state index in [1.807, 2.05) is 6.20 Å². The van der Waals surface area contributed by atoms with Gasteiger partial charge in [0.15, 0.2) is 0 Å². The van der Waals surface area contributed by atoms with Crippen LogP contribution in [0.2, 0.25) is 0 Å². The molecule has 0 aliphatic heterocycles. The molecule has 0 aromatic carbocycles. The van der Waals surface area contributed by atoms with Gasteiger partial charge in [-0.15, -0.1) is 0 Å². The number of aromatic amines is 1. The highest BCUT2D eigenvalue weighted by Gasteiger charge is 2.40. The number of carbonyl (C=O) groups excluding carboxylic acids is 1. The van der Waals surface area contributed by atoms with Crippen molar-refractivity contribution in [2.24, 2.45) is 0 Å². The average Bonchev–Trinajstić information content (AvgIpc) is 3.37. The molecular formula is C24H29ClN4O. The third-order valence-electron chi connectivity index (χ3n) is 6.82. The molecule has 0 saturated heterocycles. The highest BCUT2D eigenvalue weighted by atomic mass is 35.5. The van der Waals surface area contributed by atoms with Crippen LogP contribution >= 0.6 is 11.6 Å². The van der Waals surface area contributed by atoms with Gasteiger partial charge in [0.2, 0.25) is 0 Å². The van der Waals surface area contributed by atoms with Crippen molar-refractivity contribution in [3.8, 4) is 0 Å². The molecule has 3 aliphatic carbocycles. The fourth-order valence-corrected chi connectivity index (χ4v) is 5.29. The Bertz CT molecular complexity index is 1040. The van der Waals surface area contributed by atoms with Crippen molar-refractivity contribution in [2.45, 2.75) is 77.4 Å². The lowest BCUT2D eigenvalue weighted by Gasteiger charge is -2.34. The van der Waals surface area contributed by atoms with E-state index in [1.165, 1.54) is 16.8 Å². The standard InChI is InChI=1S/C24H29ClN4O/c1-15-10-22(16(2)28(15)14-17-4-3-5-19(25)11-17)24(30)29(20-6-7-20)21-8-9-23-18(12-21)13-26-27-23/h4,10-11,13,20-21H,3,5-9,12,14H2,1-2H3,(H,26,27). The summed E-state index contributed by atoms with van der Waals surface area (Å²) in [5.74, 6) is 0.194. The number of halogens is 1. The summed E-state index contributed by atoms with van der Waals surface area (Å²) in [7, 11) is 0. The first-order valence-electron chi connectivity index (χ1n) is 11.1. The molecule has 0 bridgehead atoms. The zero-order valence-electron chi connectivity index (χ0n) is 17.7. The molecule has 1 atom stereocenters. The molecule has 1 saturated carbocycles. The second kappa shape index (κ2) is 7.77. The summed E-state index contributed by atoms with van der Waals surface area (Å²) in [6, 6.07) is 2.73. The number of aromatic nitrogens is 3. The van der Waals surface area contributed by atoms with Crippen molar-refractivity contribution in [2.75, 3.05) is 0 Å². The maximum Gasteiger partial charge on any atom is 0.256 e.